The molecule has 1 fully saturated rings. The van der Waals surface area contributed by atoms with E-state index in [2.05, 4.69) is 21.4 Å². The summed E-state index contributed by atoms with van der Waals surface area (Å²) in [5, 5.41) is 0.719. The van der Waals surface area contributed by atoms with Crippen molar-refractivity contribution >= 4 is 39.8 Å². The van der Waals surface area contributed by atoms with Gasteiger partial charge in [-0.3, -0.25) is 9.59 Å². The molecule has 1 saturated carbocycles. The zero-order valence-electron chi connectivity index (χ0n) is 26.0. The number of ether oxygens (including phenoxy) is 2. The largest absolute Gasteiger partial charge is 0.491 e. The number of rotatable bonds is 3. The molecule has 9 heteroatoms. The molecule has 4 atom stereocenters. The molecule has 2 aliphatic heterocycles. The number of fused-ring (bicyclic) bond motifs is 3. The first-order valence-electron chi connectivity index (χ1n) is 16.0. The van der Waals surface area contributed by atoms with Crippen LogP contribution in [0.3, 0.4) is 0 Å². The highest BCUT2D eigenvalue weighted by Gasteiger charge is 2.39. The van der Waals surface area contributed by atoms with Crippen molar-refractivity contribution in [3.63, 3.8) is 0 Å². The van der Waals surface area contributed by atoms with Crippen LogP contribution in [-0.2, 0) is 37.3 Å². The first-order chi connectivity index (χ1) is 21.2. The Morgan fingerprint density at radius 3 is 2.77 bits per heavy atom. The summed E-state index contributed by atoms with van der Waals surface area (Å²) in [5.74, 6) is 1.04. The highest BCUT2D eigenvalue weighted by Crippen LogP contribution is 2.42. The van der Waals surface area contributed by atoms with Crippen LogP contribution in [0.2, 0.25) is 5.02 Å². The second kappa shape index (κ2) is 15.0. The molecule has 0 spiro atoms. The molecule has 2 aromatic rings. The number of benzene rings is 2. The number of nitrogens with zero attached hydrogens (tertiary/aromatic N) is 2. The summed E-state index contributed by atoms with van der Waals surface area (Å²) in [4.78, 5) is 28.4. The van der Waals surface area contributed by atoms with Gasteiger partial charge >= 0.3 is 5.97 Å². The monoisotopic (exact) mass is 639 g/mol. The van der Waals surface area contributed by atoms with E-state index in [4.69, 9.17) is 21.1 Å². The zero-order chi connectivity index (χ0) is 31.2. The summed E-state index contributed by atoms with van der Waals surface area (Å²) in [5.41, 5.74) is 3.61. The summed E-state index contributed by atoms with van der Waals surface area (Å²) in [6, 6.07) is 11.5. The molecule has 44 heavy (non-hydrogen) atoms. The minimum atomic E-state index is -1.66. The van der Waals surface area contributed by atoms with Gasteiger partial charge in [0.15, 0.2) is 0 Å². The van der Waals surface area contributed by atoms with E-state index in [1.165, 1.54) is 11.1 Å². The Morgan fingerprint density at radius 1 is 1.16 bits per heavy atom. The van der Waals surface area contributed by atoms with Crippen LogP contribution in [0.4, 0.5) is 5.69 Å². The van der Waals surface area contributed by atoms with Crippen molar-refractivity contribution in [1.29, 1.82) is 0 Å². The molecule has 1 aliphatic carbocycles. The minimum Gasteiger partial charge on any atom is -0.491 e. The van der Waals surface area contributed by atoms with Gasteiger partial charge < -0.3 is 22.9 Å². The van der Waals surface area contributed by atoms with Crippen molar-refractivity contribution in [2.75, 3.05) is 23.8 Å². The van der Waals surface area contributed by atoms with Crippen molar-refractivity contribution in [1.82, 2.24) is 0 Å². The van der Waals surface area contributed by atoms with E-state index in [-0.39, 0.29) is 41.5 Å². The molecule has 0 radical (unpaired) electrons. The molecule has 5 rings (SSSR count). The van der Waals surface area contributed by atoms with Crippen molar-refractivity contribution in [2.24, 2.45) is 28.0 Å². The van der Waals surface area contributed by atoms with Gasteiger partial charge in [-0.25, -0.2) is 0 Å². The SMILES string of the molecule is CC(C)CC(=O)O[C@H]1/C=C/C[C@H](C)C[S-](=O)=NC(=O)c2ccc3c(c2)N(Cc2ccc(Cl)cc2CCCCO3)C[C@@H]2CC[C@H]21. The summed E-state index contributed by atoms with van der Waals surface area (Å²) in [6.45, 7) is 7.91. The van der Waals surface area contributed by atoms with Gasteiger partial charge in [-0.05, 0) is 97.9 Å². The summed E-state index contributed by atoms with van der Waals surface area (Å²) < 4.78 is 29.4. The van der Waals surface area contributed by atoms with Crippen LogP contribution < -0.4 is 9.64 Å². The fourth-order valence-electron chi connectivity index (χ4n) is 6.33. The lowest BCUT2D eigenvalue weighted by Crippen LogP contribution is -2.44. The van der Waals surface area contributed by atoms with Crippen molar-refractivity contribution in [3.8, 4) is 5.75 Å². The van der Waals surface area contributed by atoms with Gasteiger partial charge in [-0.2, -0.15) is 10.6 Å². The number of esters is 1. The average Bonchev–Trinajstić information content (AvgIpc) is 2.97. The topological polar surface area (TPSA) is 85.3 Å². The van der Waals surface area contributed by atoms with Gasteiger partial charge in [0.25, 0.3) is 5.91 Å². The number of anilines is 1. The van der Waals surface area contributed by atoms with Crippen LogP contribution in [0.5, 0.6) is 5.75 Å². The Morgan fingerprint density at radius 2 is 2.00 bits per heavy atom. The number of hydrogen-bond donors (Lipinski definition) is 0. The fraction of sp³-hybridized carbons (Fsp3) is 0.543. The maximum Gasteiger partial charge on any atom is 0.306 e. The second-order valence-electron chi connectivity index (χ2n) is 13.0. The van der Waals surface area contributed by atoms with E-state index in [1.54, 1.807) is 6.07 Å². The van der Waals surface area contributed by atoms with Crippen LogP contribution in [0.25, 0.3) is 0 Å². The van der Waals surface area contributed by atoms with Gasteiger partial charge in [0, 0.05) is 36.0 Å². The summed E-state index contributed by atoms with van der Waals surface area (Å²) in [7, 11) is -1.66. The normalized spacial score (nSPS) is 25.8. The average molecular weight is 640 g/mol. The molecule has 3 aliphatic rings. The maximum atomic E-state index is 13.2. The lowest BCUT2D eigenvalue weighted by molar-refractivity contribution is -0.152. The quantitative estimate of drug-likeness (QED) is 0.193. The summed E-state index contributed by atoms with van der Waals surface area (Å²) in [6.07, 6.45) is 9.53. The first-order valence-corrected chi connectivity index (χ1v) is 17.6. The molecule has 0 unspecified atom stereocenters. The molecular weight excluding hydrogens is 596 g/mol. The number of aryl methyl sites for hydroxylation is 1. The third-order valence-electron chi connectivity index (χ3n) is 8.85. The van der Waals surface area contributed by atoms with Crippen LogP contribution >= 0.6 is 11.6 Å². The number of allylic oxidation sites excluding steroid dienone is 1. The van der Waals surface area contributed by atoms with Crippen LogP contribution in [0, 0.1) is 23.7 Å². The predicted molar refractivity (Wildman–Crippen MR) is 176 cm³/mol. The van der Waals surface area contributed by atoms with E-state index in [0.29, 0.717) is 43.9 Å². The van der Waals surface area contributed by atoms with Crippen molar-refractivity contribution < 1.29 is 23.3 Å². The fourth-order valence-corrected chi connectivity index (χ4v) is 7.52. The molecule has 0 N–H and O–H groups in total. The standard InChI is InChI=1S/C35H44ClN2O5S/c1-23(2)17-34(39)43-32-9-6-7-24(3)22-44(41)37-35(40)26-12-15-33-31(19-26)38(21-28-11-14-30(28)32)20-27-10-13-29(36)18-25(27)8-4-5-16-42-33/h6,9-10,12-13,15,18-19,23-24,28,30,32H,4-5,7-8,11,14,16-17,20-22H2,1-3H3/q-1/b9-6+/t24-,28-,30+,32-/m0/s1. The lowest BCUT2D eigenvalue weighted by atomic mass is 9.70. The Bertz CT molecular complexity index is 1470. The smallest absolute Gasteiger partial charge is 0.306 e. The zero-order valence-corrected chi connectivity index (χ0v) is 27.6. The number of carbonyl (C=O) groups excluding carboxylic acids is 2. The van der Waals surface area contributed by atoms with Crippen LogP contribution in [0.1, 0.15) is 80.8 Å². The Kier molecular flexibility index (Phi) is 11.1. The van der Waals surface area contributed by atoms with Gasteiger partial charge in [-0.15, -0.1) is 0 Å². The van der Waals surface area contributed by atoms with Crippen molar-refractivity contribution in [2.45, 2.75) is 78.4 Å². The van der Waals surface area contributed by atoms with E-state index in [0.717, 1.165) is 42.8 Å². The molecule has 238 valence electrons. The molecule has 1 amide bonds. The molecule has 2 aromatic carbocycles. The van der Waals surface area contributed by atoms with E-state index in [9.17, 15) is 13.8 Å². The third-order valence-corrected chi connectivity index (χ3v) is 10.3. The Balaban J connectivity index is 1.57. The Labute approximate surface area is 268 Å². The highest BCUT2D eigenvalue weighted by molar-refractivity contribution is 7.75. The molecule has 2 heterocycles. The molecule has 0 saturated heterocycles. The second-order valence-corrected chi connectivity index (χ2v) is 14.6. The number of amides is 1. The van der Waals surface area contributed by atoms with Gasteiger partial charge in [0.1, 0.15) is 11.9 Å². The maximum absolute atomic E-state index is 13.2. The van der Waals surface area contributed by atoms with E-state index < -0.39 is 16.5 Å². The summed E-state index contributed by atoms with van der Waals surface area (Å²) >= 11 is 6.43. The molecule has 0 aromatic heterocycles. The predicted octanol–water partition coefficient (Wildman–Crippen LogP) is 7.93. The van der Waals surface area contributed by atoms with Crippen molar-refractivity contribution in [3.05, 3.63) is 70.3 Å². The van der Waals surface area contributed by atoms with Crippen LogP contribution in [-0.4, -0.2) is 36.9 Å². The van der Waals surface area contributed by atoms with E-state index >= 15 is 0 Å². The third kappa shape index (κ3) is 8.45. The number of carbonyl (C=O) groups is 2. The molecular formula is C35H44ClN2O5S-. The number of halogens is 1. The first kappa shape index (κ1) is 32.6. The van der Waals surface area contributed by atoms with Gasteiger partial charge in [0.2, 0.25) is 0 Å². The molecule has 2 bridgehead atoms. The van der Waals surface area contributed by atoms with Gasteiger partial charge in [0.05, 0.1) is 12.3 Å². The van der Waals surface area contributed by atoms with Crippen LogP contribution in [0.15, 0.2) is 52.9 Å². The lowest BCUT2D eigenvalue weighted by Gasteiger charge is -2.43. The van der Waals surface area contributed by atoms with Gasteiger partial charge in [-0.1, -0.05) is 56.2 Å². The highest BCUT2D eigenvalue weighted by atomic mass is 35.5. The van der Waals surface area contributed by atoms with E-state index in [1.807, 2.05) is 51.1 Å². The Hall–Kier alpha value is -2.84. The molecule has 7 nitrogen and oxygen atoms in total. The minimum absolute atomic E-state index is 0.0469. The number of hydrogen-bond acceptors (Lipinski definition) is 7.